The Labute approximate surface area is 159 Å². The summed E-state index contributed by atoms with van der Waals surface area (Å²) in [6, 6.07) is 15.7. The van der Waals surface area contributed by atoms with Crippen LogP contribution in [0.4, 0.5) is 4.39 Å². The molecule has 0 amide bonds. The van der Waals surface area contributed by atoms with Crippen molar-refractivity contribution in [2.75, 3.05) is 13.9 Å². The van der Waals surface area contributed by atoms with E-state index >= 15 is 0 Å². The predicted octanol–water partition coefficient (Wildman–Crippen LogP) is 3.82. The van der Waals surface area contributed by atoms with Crippen molar-refractivity contribution in [1.29, 1.82) is 0 Å². The lowest BCUT2D eigenvalue weighted by molar-refractivity contribution is -0.0616. The molecule has 4 nitrogen and oxygen atoms in total. The van der Waals surface area contributed by atoms with Crippen LogP contribution in [0.1, 0.15) is 36.8 Å². The van der Waals surface area contributed by atoms with Gasteiger partial charge in [0.05, 0.1) is 5.60 Å². The number of methoxy groups -OCH3 is 1. The Balaban J connectivity index is 1.51. The van der Waals surface area contributed by atoms with Gasteiger partial charge in [0.2, 0.25) is 0 Å². The summed E-state index contributed by atoms with van der Waals surface area (Å²) in [4.78, 5) is 2.48. The molecule has 0 aromatic heterocycles. The summed E-state index contributed by atoms with van der Waals surface area (Å²) in [5, 5.41) is 11.3. The molecule has 144 valence electrons. The molecule has 0 saturated carbocycles. The van der Waals surface area contributed by atoms with Gasteiger partial charge in [-0.2, -0.15) is 0 Å². The summed E-state index contributed by atoms with van der Waals surface area (Å²) in [5.74, 6) is -0.00630. The molecule has 0 radical (unpaired) electrons. The molecule has 5 heteroatoms. The van der Waals surface area contributed by atoms with Crippen molar-refractivity contribution in [1.82, 2.24) is 4.90 Å². The molecule has 0 spiro atoms. The largest absolute Gasteiger partial charge is 0.467 e. The van der Waals surface area contributed by atoms with Crippen LogP contribution < -0.4 is 4.74 Å². The van der Waals surface area contributed by atoms with Gasteiger partial charge in [-0.15, -0.1) is 0 Å². The van der Waals surface area contributed by atoms with Gasteiger partial charge in [-0.25, -0.2) is 4.39 Å². The lowest BCUT2D eigenvalue weighted by Crippen LogP contribution is -2.49. The molecule has 2 saturated heterocycles. The van der Waals surface area contributed by atoms with E-state index in [9.17, 15) is 9.50 Å². The topological polar surface area (TPSA) is 41.9 Å². The van der Waals surface area contributed by atoms with Crippen molar-refractivity contribution < 1.29 is 19.0 Å². The molecule has 2 heterocycles. The molecule has 2 bridgehead atoms. The fourth-order valence-electron chi connectivity index (χ4n) is 4.68. The molecular formula is C22H26FNO3. The highest BCUT2D eigenvalue weighted by atomic mass is 19.1. The Morgan fingerprint density at radius 1 is 1.11 bits per heavy atom. The number of halogens is 1. The van der Waals surface area contributed by atoms with Gasteiger partial charge in [0.25, 0.3) is 0 Å². The van der Waals surface area contributed by atoms with Gasteiger partial charge in [-0.3, -0.25) is 4.90 Å². The Morgan fingerprint density at radius 2 is 1.81 bits per heavy atom. The quantitative estimate of drug-likeness (QED) is 0.784. The van der Waals surface area contributed by atoms with Crippen molar-refractivity contribution >= 4 is 0 Å². The molecule has 27 heavy (non-hydrogen) atoms. The van der Waals surface area contributed by atoms with Gasteiger partial charge in [-0.05, 0) is 43.4 Å². The minimum atomic E-state index is -1.12. The van der Waals surface area contributed by atoms with Crippen molar-refractivity contribution in [3.8, 4) is 5.75 Å². The van der Waals surface area contributed by atoms with Crippen LogP contribution in [0, 0.1) is 5.82 Å². The molecule has 4 rings (SSSR count). The molecule has 2 aliphatic heterocycles. The first-order valence-electron chi connectivity index (χ1n) is 9.53. The van der Waals surface area contributed by atoms with Crippen LogP contribution in [-0.4, -0.2) is 36.0 Å². The van der Waals surface area contributed by atoms with Gasteiger partial charge in [0, 0.05) is 37.4 Å². The number of piperidine rings is 1. The Morgan fingerprint density at radius 3 is 2.44 bits per heavy atom. The fourth-order valence-corrected chi connectivity index (χ4v) is 4.68. The first-order chi connectivity index (χ1) is 13.1. The van der Waals surface area contributed by atoms with Crippen LogP contribution in [0.25, 0.3) is 0 Å². The molecule has 2 aromatic rings. The first-order valence-corrected chi connectivity index (χ1v) is 9.53. The number of nitrogens with zero attached hydrogens (tertiary/aromatic N) is 1. The van der Waals surface area contributed by atoms with E-state index in [1.807, 2.05) is 6.07 Å². The van der Waals surface area contributed by atoms with E-state index in [2.05, 4.69) is 29.2 Å². The zero-order valence-electron chi connectivity index (χ0n) is 15.6. The lowest BCUT2D eigenvalue weighted by Gasteiger charge is -2.44. The van der Waals surface area contributed by atoms with Crippen LogP contribution in [0.15, 0.2) is 48.5 Å². The van der Waals surface area contributed by atoms with Crippen LogP contribution in [-0.2, 0) is 16.9 Å². The standard InChI is InChI=1S/C22H26FNO3/c1-26-15-27-19-9-10-20(21(23)11-19)22(25)12-17-7-8-18(13-22)24(17)14-16-5-3-2-4-6-16/h2-6,9-11,17-18,25H,7-8,12-15H2,1H3. The van der Waals surface area contributed by atoms with Gasteiger partial charge in [0.1, 0.15) is 11.6 Å². The Bertz CT molecular complexity index is 768. The number of ether oxygens (including phenoxy) is 2. The highest BCUT2D eigenvalue weighted by Crippen LogP contribution is 2.47. The minimum absolute atomic E-state index is 0.0711. The number of benzene rings is 2. The Hall–Kier alpha value is -1.95. The summed E-state index contributed by atoms with van der Waals surface area (Å²) < 4.78 is 24.9. The van der Waals surface area contributed by atoms with Crippen LogP contribution in [0.3, 0.4) is 0 Å². The first kappa shape index (κ1) is 18.4. The third-order valence-electron chi connectivity index (χ3n) is 5.91. The van der Waals surface area contributed by atoms with E-state index in [0.717, 1.165) is 19.4 Å². The maximum absolute atomic E-state index is 14.7. The minimum Gasteiger partial charge on any atom is -0.467 e. The van der Waals surface area contributed by atoms with Crippen molar-refractivity contribution in [2.45, 2.75) is 49.9 Å². The van der Waals surface area contributed by atoms with Gasteiger partial charge >= 0.3 is 0 Å². The van der Waals surface area contributed by atoms with E-state index < -0.39 is 11.4 Å². The maximum Gasteiger partial charge on any atom is 0.188 e. The van der Waals surface area contributed by atoms with E-state index in [-0.39, 0.29) is 18.9 Å². The number of rotatable bonds is 6. The van der Waals surface area contributed by atoms with Crippen LogP contribution in [0.5, 0.6) is 5.75 Å². The second kappa shape index (κ2) is 7.58. The average Bonchev–Trinajstić information content (AvgIpc) is 2.91. The van der Waals surface area contributed by atoms with Gasteiger partial charge in [-0.1, -0.05) is 30.3 Å². The number of fused-ring (bicyclic) bond motifs is 2. The molecule has 2 fully saturated rings. The highest BCUT2D eigenvalue weighted by molar-refractivity contribution is 5.34. The monoisotopic (exact) mass is 371 g/mol. The predicted molar refractivity (Wildman–Crippen MR) is 101 cm³/mol. The van der Waals surface area contributed by atoms with Gasteiger partial charge < -0.3 is 14.6 Å². The number of hydrogen-bond acceptors (Lipinski definition) is 4. The smallest absolute Gasteiger partial charge is 0.188 e. The van der Waals surface area contributed by atoms with Crippen LogP contribution in [0.2, 0.25) is 0 Å². The zero-order chi connectivity index (χ0) is 18.9. The summed E-state index contributed by atoms with van der Waals surface area (Å²) >= 11 is 0. The molecule has 2 atom stereocenters. The second-order valence-corrected chi connectivity index (χ2v) is 7.68. The van der Waals surface area contributed by atoms with Crippen molar-refractivity contribution in [3.63, 3.8) is 0 Å². The summed E-state index contributed by atoms with van der Waals surface area (Å²) in [7, 11) is 1.52. The molecule has 2 unspecified atom stereocenters. The SMILES string of the molecule is COCOc1ccc(C2(O)CC3CCC(C2)N3Cc2ccccc2)c(F)c1. The summed E-state index contributed by atoms with van der Waals surface area (Å²) in [5.41, 5.74) is 0.539. The maximum atomic E-state index is 14.7. The number of aliphatic hydroxyl groups is 1. The molecule has 2 aromatic carbocycles. The Kier molecular flexibility index (Phi) is 5.17. The lowest BCUT2D eigenvalue weighted by atomic mass is 9.80. The van der Waals surface area contributed by atoms with E-state index in [0.29, 0.717) is 24.2 Å². The molecule has 0 aliphatic carbocycles. The normalized spacial score (nSPS) is 27.7. The van der Waals surface area contributed by atoms with Gasteiger partial charge in [0.15, 0.2) is 6.79 Å². The van der Waals surface area contributed by atoms with E-state index in [1.165, 1.54) is 18.7 Å². The molecule has 1 N–H and O–H groups in total. The summed E-state index contributed by atoms with van der Waals surface area (Å²) in [6.45, 7) is 0.959. The fraction of sp³-hybridized carbons (Fsp3) is 0.455. The van der Waals surface area contributed by atoms with Crippen LogP contribution >= 0.6 is 0 Å². The van der Waals surface area contributed by atoms with E-state index in [4.69, 9.17) is 9.47 Å². The average molecular weight is 371 g/mol. The van der Waals surface area contributed by atoms with Crippen molar-refractivity contribution in [3.05, 3.63) is 65.5 Å². The molecular weight excluding hydrogens is 345 g/mol. The number of hydrogen-bond donors (Lipinski definition) is 1. The third kappa shape index (κ3) is 3.72. The van der Waals surface area contributed by atoms with Crippen molar-refractivity contribution in [2.24, 2.45) is 0 Å². The van der Waals surface area contributed by atoms with E-state index in [1.54, 1.807) is 12.1 Å². The zero-order valence-corrected chi connectivity index (χ0v) is 15.6. The summed E-state index contributed by atoms with van der Waals surface area (Å²) in [6.07, 6.45) is 3.23. The highest BCUT2D eigenvalue weighted by Gasteiger charge is 2.49. The molecule has 2 aliphatic rings. The third-order valence-corrected chi connectivity index (χ3v) is 5.91. The second-order valence-electron chi connectivity index (χ2n) is 7.68.